The molecule has 2 heterocycles. The summed E-state index contributed by atoms with van der Waals surface area (Å²) >= 11 is 1.40. The number of imidazole rings is 1. The van der Waals surface area contributed by atoms with E-state index in [-0.39, 0.29) is 5.91 Å². The first-order valence-electron chi connectivity index (χ1n) is 5.06. The summed E-state index contributed by atoms with van der Waals surface area (Å²) in [5, 5.41) is 3.59. The van der Waals surface area contributed by atoms with Crippen LogP contribution in [0.25, 0.3) is 0 Å². The molecule has 88 valence electrons. The van der Waals surface area contributed by atoms with Crippen LogP contribution in [-0.4, -0.2) is 26.2 Å². The number of nitrogens with zero attached hydrogens (tertiary/aromatic N) is 3. The average molecular weight is 248 g/mol. The molecule has 5 nitrogen and oxygen atoms in total. The molecule has 17 heavy (non-hydrogen) atoms. The second-order valence-corrected chi connectivity index (χ2v) is 4.34. The van der Waals surface area contributed by atoms with Crippen LogP contribution in [0.3, 0.4) is 0 Å². The van der Waals surface area contributed by atoms with Gasteiger partial charge in [0.1, 0.15) is 0 Å². The average Bonchev–Trinajstić information content (AvgIpc) is 2.74. The molecule has 2 aromatic rings. The summed E-state index contributed by atoms with van der Waals surface area (Å²) < 4.78 is 1.88. The number of amides is 1. The SMILES string of the molecule is Cn1ccnc1SCC(=O)Nc1cccnc1. The van der Waals surface area contributed by atoms with E-state index in [9.17, 15) is 4.79 Å². The van der Waals surface area contributed by atoms with Gasteiger partial charge < -0.3 is 9.88 Å². The van der Waals surface area contributed by atoms with Gasteiger partial charge >= 0.3 is 0 Å². The molecule has 6 heteroatoms. The third-order valence-electron chi connectivity index (χ3n) is 2.05. The van der Waals surface area contributed by atoms with E-state index in [1.807, 2.05) is 17.8 Å². The van der Waals surface area contributed by atoms with E-state index in [2.05, 4.69) is 15.3 Å². The van der Waals surface area contributed by atoms with Crippen LogP contribution in [0.2, 0.25) is 0 Å². The zero-order valence-corrected chi connectivity index (χ0v) is 10.1. The summed E-state index contributed by atoms with van der Waals surface area (Å²) in [6, 6.07) is 3.58. The summed E-state index contributed by atoms with van der Waals surface area (Å²) in [7, 11) is 1.90. The van der Waals surface area contributed by atoms with Crippen molar-refractivity contribution in [2.24, 2.45) is 7.05 Å². The Labute approximate surface area is 103 Å². The molecule has 2 rings (SSSR count). The van der Waals surface area contributed by atoms with Crippen LogP contribution in [0.1, 0.15) is 0 Å². The number of pyridine rings is 1. The van der Waals surface area contributed by atoms with Crippen molar-refractivity contribution in [1.82, 2.24) is 14.5 Å². The molecule has 0 unspecified atom stereocenters. The van der Waals surface area contributed by atoms with Gasteiger partial charge in [-0.25, -0.2) is 4.98 Å². The Bertz CT molecular complexity index is 497. The van der Waals surface area contributed by atoms with Crippen molar-refractivity contribution in [3.63, 3.8) is 0 Å². The Morgan fingerprint density at radius 3 is 3.06 bits per heavy atom. The molecule has 0 saturated heterocycles. The standard InChI is InChI=1S/C11H12N4OS/c1-15-6-5-13-11(15)17-8-10(16)14-9-3-2-4-12-7-9/h2-7H,8H2,1H3,(H,14,16). The highest BCUT2D eigenvalue weighted by molar-refractivity contribution is 7.99. The van der Waals surface area contributed by atoms with Crippen molar-refractivity contribution < 1.29 is 4.79 Å². The molecule has 0 aliphatic rings. The van der Waals surface area contributed by atoms with Gasteiger partial charge in [-0.3, -0.25) is 9.78 Å². The second-order valence-electron chi connectivity index (χ2n) is 3.40. The molecule has 0 radical (unpaired) electrons. The molecule has 1 N–H and O–H groups in total. The minimum atomic E-state index is -0.0639. The van der Waals surface area contributed by atoms with Crippen molar-refractivity contribution >= 4 is 23.4 Å². The highest BCUT2D eigenvalue weighted by Crippen LogP contribution is 2.14. The smallest absolute Gasteiger partial charge is 0.234 e. The largest absolute Gasteiger partial charge is 0.329 e. The summed E-state index contributed by atoms with van der Waals surface area (Å²) in [6.07, 6.45) is 6.84. The predicted molar refractivity (Wildman–Crippen MR) is 66.8 cm³/mol. The minimum Gasteiger partial charge on any atom is -0.329 e. The van der Waals surface area contributed by atoms with Gasteiger partial charge in [0.25, 0.3) is 0 Å². The van der Waals surface area contributed by atoms with Crippen molar-refractivity contribution in [1.29, 1.82) is 0 Å². The molecule has 0 aliphatic carbocycles. The van der Waals surface area contributed by atoms with Crippen molar-refractivity contribution in [3.05, 3.63) is 36.9 Å². The van der Waals surface area contributed by atoms with Gasteiger partial charge in [-0.2, -0.15) is 0 Å². The first kappa shape index (κ1) is 11.7. The van der Waals surface area contributed by atoms with Crippen LogP contribution in [-0.2, 0) is 11.8 Å². The summed E-state index contributed by atoms with van der Waals surface area (Å²) in [6.45, 7) is 0. The van der Waals surface area contributed by atoms with Crippen LogP contribution in [0.5, 0.6) is 0 Å². The van der Waals surface area contributed by atoms with E-state index in [1.165, 1.54) is 11.8 Å². The van der Waals surface area contributed by atoms with Crippen LogP contribution in [0, 0.1) is 0 Å². The number of rotatable bonds is 4. The van der Waals surface area contributed by atoms with E-state index < -0.39 is 0 Å². The third kappa shape index (κ3) is 3.32. The lowest BCUT2D eigenvalue weighted by molar-refractivity contribution is -0.113. The molecule has 0 bridgehead atoms. The summed E-state index contributed by atoms with van der Waals surface area (Å²) in [5.41, 5.74) is 0.706. The Morgan fingerprint density at radius 1 is 1.53 bits per heavy atom. The Kier molecular flexibility index (Phi) is 3.77. The molecule has 2 aromatic heterocycles. The fourth-order valence-electron chi connectivity index (χ4n) is 1.25. The van der Waals surface area contributed by atoms with Crippen LogP contribution in [0.15, 0.2) is 42.1 Å². The van der Waals surface area contributed by atoms with E-state index in [4.69, 9.17) is 0 Å². The number of aryl methyl sites for hydroxylation is 1. The van der Waals surface area contributed by atoms with Gasteiger partial charge in [0.15, 0.2) is 5.16 Å². The number of anilines is 1. The van der Waals surface area contributed by atoms with Crippen molar-refractivity contribution in [2.75, 3.05) is 11.1 Å². The van der Waals surface area contributed by atoms with Gasteiger partial charge in [-0.05, 0) is 12.1 Å². The van der Waals surface area contributed by atoms with Gasteiger partial charge in [-0.15, -0.1) is 0 Å². The molecular formula is C11H12N4OS. The van der Waals surface area contributed by atoms with Crippen molar-refractivity contribution in [2.45, 2.75) is 5.16 Å². The molecule has 0 spiro atoms. The second kappa shape index (κ2) is 5.49. The Hall–Kier alpha value is -1.82. The molecule has 0 atom stereocenters. The predicted octanol–water partition coefficient (Wildman–Crippen LogP) is 1.55. The number of carbonyl (C=O) groups is 1. The fraction of sp³-hybridized carbons (Fsp3) is 0.182. The Balaban J connectivity index is 1.84. The minimum absolute atomic E-state index is 0.0639. The maximum absolute atomic E-state index is 11.6. The molecular weight excluding hydrogens is 236 g/mol. The molecule has 0 fully saturated rings. The maximum Gasteiger partial charge on any atom is 0.234 e. The molecule has 0 aromatic carbocycles. The first-order chi connectivity index (χ1) is 8.25. The fourth-order valence-corrected chi connectivity index (χ4v) is 1.99. The molecule has 1 amide bonds. The van der Waals surface area contributed by atoms with Crippen LogP contribution >= 0.6 is 11.8 Å². The normalized spacial score (nSPS) is 10.2. The van der Waals surface area contributed by atoms with Crippen LogP contribution in [0.4, 0.5) is 5.69 Å². The number of hydrogen-bond donors (Lipinski definition) is 1. The molecule has 0 saturated carbocycles. The Morgan fingerprint density at radius 2 is 2.41 bits per heavy atom. The zero-order valence-electron chi connectivity index (χ0n) is 9.33. The van der Waals surface area contributed by atoms with E-state index >= 15 is 0 Å². The van der Waals surface area contributed by atoms with Gasteiger partial charge in [0.2, 0.25) is 5.91 Å². The zero-order chi connectivity index (χ0) is 12.1. The van der Waals surface area contributed by atoms with E-state index in [1.54, 1.807) is 30.7 Å². The summed E-state index contributed by atoms with van der Waals surface area (Å²) in [5.74, 6) is 0.269. The highest BCUT2D eigenvalue weighted by atomic mass is 32.2. The number of hydrogen-bond acceptors (Lipinski definition) is 4. The number of nitrogens with one attached hydrogen (secondary N) is 1. The van der Waals surface area contributed by atoms with Gasteiger partial charge in [-0.1, -0.05) is 11.8 Å². The summed E-state index contributed by atoms with van der Waals surface area (Å²) in [4.78, 5) is 19.7. The van der Waals surface area contributed by atoms with Gasteiger partial charge in [0, 0.05) is 25.6 Å². The van der Waals surface area contributed by atoms with E-state index in [0.29, 0.717) is 11.4 Å². The first-order valence-corrected chi connectivity index (χ1v) is 6.04. The number of thioether (sulfide) groups is 1. The topological polar surface area (TPSA) is 59.8 Å². The number of carbonyl (C=O) groups excluding carboxylic acids is 1. The molecule has 0 aliphatic heterocycles. The lowest BCUT2D eigenvalue weighted by Crippen LogP contribution is -2.14. The lowest BCUT2D eigenvalue weighted by atomic mass is 10.4. The van der Waals surface area contributed by atoms with E-state index in [0.717, 1.165) is 5.16 Å². The number of aromatic nitrogens is 3. The van der Waals surface area contributed by atoms with Crippen LogP contribution < -0.4 is 5.32 Å². The maximum atomic E-state index is 11.6. The highest BCUT2D eigenvalue weighted by Gasteiger charge is 2.06. The monoisotopic (exact) mass is 248 g/mol. The lowest BCUT2D eigenvalue weighted by Gasteiger charge is -2.04. The quantitative estimate of drug-likeness (QED) is 0.834. The van der Waals surface area contributed by atoms with Crippen molar-refractivity contribution in [3.8, 4) is 0 Å². The third-order valence-corrected chi connectivity index (χ3v) is 3.11. The van der Waals surface area contributed by atoms with Gasteiger partial charge in [0.05, 0.1) is 17.6 Å².